The molecule has 138 valence electrons. The number of rotatable bonds is 8. The summed E-state index contributed by atoms with van der Waals surface area (Å²) in [6.07, 6.45) is 1.90. The van der Waals surface area contributed by atoms with Crippen molar-refractivity contribution in [2.45, 2.75) is 26.7 Å². The van der Waals surface area contributed by atoms with E-state index >= 15 is 0 Å². The Bertz CT molecular complexity index is 715. The molecular formula is C20H24N2O3S. The summed E-state index contributed by atoms with van der Waals surface area (Å²) in [5, 5.41) is 5.89. The molecule has 5 nitrogen and oxygen atoms in total. The normalized spacial score (nSPS) is 10.1. The van der Waals surface area contributed by atoms with Crippen LogP contribution in [-0.4, -0.2) is 24.2 Å². The highest BCUT2D eigenvalue weighted by molar-refractivity contribution is 7.80. The molecule has 0 heterocycles. The minimum atomic E-state index is -0.271. The number of hydrogen-bond acceptors (Lipinski definition) is 4. The monoisotopic (exact) mass is 372 g/mol. The first-order valence-corrected chi connectivity index (χ1v) is 9.11. The molecule has 0 aliphatic carbocycles. The van der Waals surface area contributed by atoms with Crippen LogP contribution in [0.4, 0.5) is 5.69 Å². The Labute approximate surface area is 159 Å². The molecule has 6 heteroatoms. The fourth-order valence-corrected chi connectivity index (χ4v) is 2.33. The van der Waals surface area contributed by atoms with E-state index in [0.717, 1.165) is 30.0 Å². The third-order valence-corrected chi connectivity index (χ3v) is 3.61. The lowest BCUT2D eigenvalue weighted by Crippen LogP contribution is -2.34. The van der Waals surface area contributed by atoms with Gasteiger partial charge >= 0.3 is 0 Å². The molecule has 0 aliphatic heterocycles. The molecule has 0 aliphatic rings. The van der Waals surface area contributed by atoms with Crippen LogP contribution in [0.5, 0.6) is 11.5 Å². The van der Waals surface area contributed by atoms with E-state index in [0.29, 0.717) is 18.8 Å². The van der Waals surface area contributed by atoms with E-state index in [1.807, 2.05) is 31.2 Å². The number of carbonyl (C=O) groups excluding carboxylic acids is 1. The highest BCUT2D eigenvalue weighted by Gasteiger charge is 2.08. The van der Waals surface area contributed by atoms with Gasteiger partial charge in [-0.05, 0) is 73.6 Å². The van der Waals surface area contributed by atoms with E-state index < -0.39 is 0 Å². The first-order chi connectivity index (χ1) is 12.6. The van der Waals surface area contributed by atoms with E-state index in [1.54, 1.807) is 24.3 Å². The zero-order valence-electron chi connectivity index (χ0n) is 15.1. The molecule has 0 saturated carbocycles. The van der Waals surface area contributed by atoms with Crippen LogP contribution in [-0.2, 0) is 0 Å². The average molecular weight is 372 g/mol. The molecule has 0 atom stereocenters. The first kappa shape index (κ1) is 19.7. The van der Waals surface area contributed by atoms with Crippen molar-refractivity contribution in [2.24, 2.45) is 0 Å². The summed E-state index contributed by atoms with van der Waals surface area (Å²) in [5.41, 5.74) is 1.30. The number of thiocarbonyl (C=S) groups is 1. The van der Waals surface area contributed by atoms with E-state index in [4.69, 9.17) is 21.7 Å². The summed E-state index contributed by atoms with van der Waals surface area (Å²) in [6.45, 7) is 5.44. The van der Waals surface area contributed by atoms with Crippen molar-refractivity contribution in [3.8, 4) is 11.5 Å². The van der Waals surface area contributed by atoms with Crippen LogP contribution in [0.2, 0.25) is 0 Å². The minimum Gasteiger partial charge on any atom is -0.494 e. The summed E-state index contributed by atoms with van der Waals surface area (Å²) in [7, 11) is 0. The van der Waals surface area contributed by atoms with Gasteiger partial charge in [-0.3, -0.25) is 10.1 Å². The number of nitrogens with one attached hydrogen (secondary N) is 2. The van der Waals surface area contributed by atoms with Crippen molar-refractivity contribution in [1.29, 1.82) is 0 Å². The zero-order chi connectivity index (χ0) is 18.8. The second-order valence-electron chi connectivity index (χ2n) is 5.65. The van der Waals surface area contributed by atoms with Gasteiger partial charge < -0.3 is 14.8 Å². The van der Waals surface area contributed by atoms with Crippen molar-refractivity contribution in [1.82, 2.24) is 5.32 Å². The zero-order valence-corrected chi connectivity index (χ0v) is 15.9. The number of hydrogen-bond donors (Lipinski definition) is 2. The van der Waals surface area contributed by atoms with Gasteiger partial charge in [0.1, 0.15) is 11.5 Å². The Balaban J connectivity index is 1.85. The van der Waals surface area contributed by atoms with Crippen molar-refractivity contribution in [3.63, 3.8) is 0 Å². The van der Waals surface area contributed by atoms with E-state index in [9.17, 15) is 4.79 Å². The van der Waals surface area contributed by atoms with Crippen molar-refractivity contribution in [2.75, 3.05) is 18.5 Å². The van der Waals surface area contributed by atoms with Crippen LogP contribution in [0, 0.1) is 0 Å². The maximum absolute atomic E-state index is 12.2. The molecule has 26 heavy (non-hydrogen) atoms. The summed E-state index contributed by atoms with van der Waals surface area (Å²) >= 11 is 5.20. The molecule has 2 rings (SSSR count). The molecule has 1 amide bonds. The van der Waals surface area contributed by atoms with Crippen LogP contribution in [0.15, 0.2) is 48.5 Å². The third-order valence-electron chi connectivity index (χ3n) is 3.40. The van der Waals surface area contributed by atoms with Crippen LogP contribution in [0.1, 0.15) is 37.0 Å². The Morgan fingerprint density at radius 2 is 1.38 bits per heavy atom. The highest BCUT2D eigenvalue weighted by atomic mass is 32.1. The van der Waals surface area contributed by atoms with Crippen LogP contribution in [0.25, 0.3) is 0 Å². The third kappa shape index (κ3) is 6.37. The molecular weight excluding hydrogens is 348 g/mol. The number of amides is 1. The smallest absolute Gasteiger partial charge is 0.257 e. The second kappa shape index (κ2) is 10.4. The number of anilines is 1. The minimum absolute atomic E-state index is 0.239. The van der Waals surface area contributed by atoms with E-state index in [-0.39, 0.29) is 11.0 Å². The van der Waals surface area contributed by atoms with Gasteiger partial charge in [-0.1, -0.05) is 13.8 Å². The summed E-state index contributed by atoms with van der Waals surface area (Å²) in [4.78, 5) is 12.2. The van der Waals surface area contributed by atoms with Crippen LogP contribution < -0.4 is 20.1 Å². The van der Waals surface area contributed by atoms with E-state index in [1.165, 1.54) is 0 Å². The quantitative estimate of drug-likeness (QED) is 0.673. The number of ether oxygens (including phenoxy) is 2. The summed E-state index contributed by atoms with van der Waals surface area (Å²) in [5.74, 6) is 1.28. The highest BCUT2D eigenvalue weighted by Crippen LogP contribution is 2.16. The molecule has 2 N–H and O–H groups in total. The Kier molecular flexibility index (Phi) is 7.89. The molecule has 2 aromatic rings. The fourth-order valence-electron chi connectivity index (χ4n) is 2.11. The number of carbonyl (C=O) groups is 1. The van der Waals surface area contributed by atoms with Gasteiger partial charge in [0.05, 0.1) is 13.2 Å². The fraction of sp³-hybridized carbons (Fsp3) is 0.300. The lowest BCUT2D eigenvalue weighted by atomic mass is 10.2. The van der Waals surface area contributed by atoms with Gasteiger partial charge in [0, 0.05) is 11.3 Å². The molecule has 0 radical (unpaired) electrons. The van der Waals surface area contributed by atoms with Gasteiger partial charge in [0.15, 0.2) is 5.11 Å². The maximum atomic E-state index is 12.2. The van der Waals surface area contributed by atoms with Gasteiger partial charge in [-0.15, -0.1) is 0 Å². The topological polar surface area (TPSA) is 59.6 Å². The van der Waals surface area contributed by atoms with Gasteiger partial charge in [0.2, 0.25) is 0 Å². The summed E-state index contributed by atoms with van der Waals surface area (Å²) in [6, 6.07) is 14.4. The van der Waals surface area contributed by atoms with Crippen LogP contribution >= 0.6 is 12.2 Å². The number of benzene rings is 2. The summed E-state index contributed by atoms with van der Waals surface area (Å²) < 4.78 is 11.0. The molecule has 0 bridgehead atoms. The molecule has 2 aromatic carbocycles. The Morgan fingerprint density at radius 1 is 0.885 bits per heavy atom. The van der Waals surface area contributed by atoms with E-state index in [2.05, 4.69) is 17.6 Å². The molecule has 0 saturated heterocycles. The predicted octanol–water partition coefficient (Wildman–Crippen LogP) is 4.39. The SMILES string of the molecule is CCCOc1ccc(NC(=S)NC(=O)c2ccc(OCCC)cc2)cc1. The van der Waals surface area contributed by atoms with Crippen molar-refractivity contribution in [3.05, 3.63) is 54.1 Å². The molecule has 0 unspecified atom stereocenters. The van der Waals surface area contributed by atoms with Crippen molar-refractivity contribution < 1.29 is 14.3 Å². The standard InChI is InChI=1S/C20H24N2O3S/c1-3-13-24-17-9-5-15(6-10-17)19(23)22-20(26)21-16-7-11-18(12-8-16)25-14-4-2/h5-12H,3-4,13-14H2,1-2H3,(H2,21,22,23,26). The molecule has 0 fully saturated rings. The predicted molar refractivity (Wildman–Crippen MR) is 108 cm³/mol. The Morgan fingerprint density at radius 3 is 1.88 bits per heavy atom. The van der Waals surface area contributed by atoms with Gasteiger partial charge in [-0.25, -0.2) is 0 Å². The van der Waals surface area contributed by atoms with Gasteiger partial charge in [0.25, 0.3) is 5.91 Å². The molecule has 0 aromatic heterocycles. The average Bonchev–Trinajstić information content (AvgIpc) is 2.66. The van der Waals surface area contributed by atoms with Crippen LogP contribution in [0.3, 0.4) is 0 Å². The van der Waals surface area contributed by atoms with Gasteiger partial charge in [-0.2, -0.15) is 0 Å². The lowest BCUT2D eigenvalue weighted by Gasteiger charge is -2.11. The first-order valence-electron chi connectivity index (χ1n) is 8.70. The Hall–Kier alpha value is -2.60. The second-order valence-corrected chi connectivity index (χ2v) is 6.06. The maximum Gasteiger partial charge on any atom is 0.257 e. The lowest BCUT2D eigenvalue weighted by molar-refractivity contribution is 0.0977. The molecule has 0 spiro atoms. The van der Waals surface area contributed by atoms with Crippen molar-refractivity contribution >= 4 is 28.9 Å². The largest absolute Gasteiger partial charge is 0.494 e.